The number of aryl methyl sites for hydroxylation is 2. The van der Waals surface area contributed by atoms with E-state index in [4.69, 9.17) is 4.42 Å². The number of carbonyl (C=O) groups excluding carboxylic acids is 1. The highest BCUT2D eigenvalue weighted by molar-refractivity contribution is 7.89. The molecule has 2 N–H and O–H groups in total. The molecule has 12 heteroatoms. The summed E-state index contributed by atoms with van der Waals surface area (Å²) < 4.78 is 72.2. The van der Waals surface area contributed by atoms with E-state index in [9.17, 15) is 31.5 Å². The molecule has 1 saturated heterocycles. The number of sulfonamides is 1. The van der Waals surface area contributed by atoms with Gasteiger partial charge in [0.2, 0.25) is 15.6 Å². The van der Waals surface area contributed by atoms with Crippen LogP contribution in [0.15, 0.2) is 45.7 Å². The van der Waals surface area contributed by atoms with Crippen molar-refractivity contribution in [1.82, 2.24) is 14.5 Å². The zero-order chi connectivity index (χ0) is 24.4. The van der Waals surface area contributed by atoms with Gasteiger partial charge < -0.3 is 19.7 Å². The average Bonchev–Trinajstić information content (AvgIpc) is 3.20. The molecule has 182 valence electrons. The second-order valence-corrected chi connectivity index (χ2v) is 9.89. The van der Waals surface area contributed by atoms with Gasteiger partial charge in [0, 0.05) is 39.1 Å². The molecule has 0 bridgehead atoms. The number of alkyl halides is 3. The first-order chi connectivity index (χ1) is 15.3. The molecule has 1 aliphatic rings. The van der Waals surface area contributed by atoms with Gasteiger partial charge in [0.05, 0.1) is 4.90 Å². The van der Waals surface area contributed by atoms with Crippen molar-refractivity contribution in [1.29, 1.82) is 0 Å². The van der Waals surface area contributed by atoms with Gasteiger partial charge in [0.25, 0.3) is 0 Å². The number of amides is 2. The Kier molecular flexibility index (Phi) is 7.10. The number of halogens is 3. The summed E-state index contributed by atoms with van der Waals surface area (Å²) in [6.45, 7) is 3.12. The van der Waals surface area contributed by atoms with Gasteiger partial charge in [-0.2, -0.15) is 17.5 Å². The molecule has 33 heavy (non-hydrogen) atoms. The van der Waals surface area contributed by atoms with Crippen molar-refractivity contribution in [2.75, 3.05) is 32.7 Å². The summed E-state index contributed by atoms with van der Waals surface area (Å²) in [5, 5.41) is 12.6. The maximum absolute atomic E-state index is 13.5. The molecule has 0 saturated carbocycles. The number of urea groups is 1. The second kappa shape index (κ2) is 9.35. The van der Waals surface area contributed by atoms with Crippen molar-refractivity contribution in [3.05, 3.63) is 53.5 Å². The molecule has 2 aromatic rings. The molecule has 1 fully saturated rings. The summed E-state index contributed by atoms with van der Waals surface area (Å²) in [5.74, 6) is -0.424. The van der Waals surface area contributed by atoms with Gasteiger partial charge in [-0.1, -0.05) is 17.7 Å². The lowest BCUT2D eigenvalue weighted by atomic mass is 9.96. The summed E-state index contributed by atoms with van der Waals surface area (Å²) in [5.41, 5.74) is -2.31. The SMILES string of the molecule is Cc1ccc(S(=O)(=O)N2CCN(C(=O)NCC[C@@](O)(c3ccc(C)o3)C(F)(F)F)CC2)cc1. The number of carbonyl (C=O) groups is 1. The monoisotopic (exact) mass is 489 g/mol. The van der Waals surface area contributed by atoms with Crippen molar-refractivity contribution < 1.29 is 35.9 Å². The molecule has 0 radical (unpaired) electrons. The summed E-state index contributed by atoms with van der Waals surface area (Å²) in [7, 11) is -3.70. The fourth-order valence-corrected chi connectivity index (χ4v) is 4.94. The van der Waals surface area contributed by atoms with E-state index >= 15 is 0 Å². The summed E-state index contributed by atoms with van der Waals surface area (Å²) >= 11 is 0. The van der Waals surface area contributed by atoms with Crippen LogP contribution in [0.2, 0.25) is 0 Å². The Hall–Kier alpha value is -2.57. The smallest absolute Gasteiger partial charge is 0.424 e. The van der Waals surface area contributed by atoms with Crippen LogP contribution in [0.1, 0.15) is 23.5 Å². The molecular weight excluding hydrogens is 463 g/mol. The van der Waals surface area contributed by atoms with Crippen LogP contribution in [0.3, 0.4) is 0 Å². The minimum absolute atomic E-state index is 0.0573. The molecule has 0 aliphatic carbocycles. The molecule has 1 aliphatic heterocycles. The number of nitrogens with one attached hydrogen (secondary N) is 1. The Morgan fingerprint density at radius 2 is 1.67 bits per heavy atom. The van der Waals surface area contributed by atoms with Crippen LogP contribution in [0.25, 0.3) is 0 Å². The van der Waals surface area contributed by atoms with Gasteiger partial charge >= 0.3 is 12.2 Å². The van der Waals surface area contributed by atoms with Gasteiger partial charge in [-0.3, -0.25) is 0 Å². The van der Waals surface area contributed by atoms with Gasteiger partial charge in [-0.15, -0.1) is 0 Å². The first-order valence-corrected chi connectivity index (χ1v) is 11.7. The largest absolute Gasteiger partial charge is 0.463 e. The Morgan fingerprint density at radius 1 is 1.06 bits per heavy atom. The molecule has 8 nitrogen and oxygen atoms in total. The first-order valence-electron chi connectivity index (χ1n) is 10.3. The lowest BCUT2D eigenvalue weighted by Crippen LogP contribution is -2.53. The zero-order valence-electron chi connectivity index (χ0n) is 18.2. The molecule has 2 heterocycles. The lowest BCUT2D eigenvalue weighted by molar-refractivity contribution is -0.274. The number of rotatable bonds is 6. The third-order valence-corrected chi connectivity index (χ3v) is 7.48. The summed E-state index contributed by atoms with van der Waals surface area (Å²) in [4.78, 5) is 13.9. The molecule has 1 aromatic carbocycles. The van der Waals surface area contributed by atoms with Crippen LogP contribution in [0, 0.1) is 13.8 Å². The van der Waals surface area contributed by atoms with Crippen molar-refractivity contribution in [2.45, 2.75) is 36.9 Å². The minimum atomic E-state index is -5.00. The lowest BCUT2D eigenvalue weighted by Gasteiger charge is -2.34. The second-order valence-electron chi connectivity index (χ2n) is 7.95. The summed E-state index contributed by atoms with van der Waals surface area (Å²) in [6, 6.07) is 8.17. The normalized spacial score (nSPS) is 17.6. The van der Waals surface area contributed by atoms with Crippen LogP contribution in [0.5, 0.6) is 0 Å². The van der Waals surface area contributed by atoms with Gasteiger partial charge in [-0.25, -0.2) is 13.2 Å². The van der Waals surface area contributed by atoms with Crippen molar-refractivity contribution in [2.24, 2.45) is 0 Å². The number of aliphatic hydroxyl groups is 1. The highest BCUT2D eigenvalue weighted by Crippen LogP contribution is 2.42. The summed E-state index contributed by atoms with van der Waals surface area (Å²) in [6.07, 6.45) is -5.84. The Balaban J connectivity index is 1.55. The average molecular weight is 490 g/mol. The molecule has 2 amide bonds. The number of hydrogen-bond donors (Lipinski definition) is 2. The van der Waals surface area contributed by atoms with E-state index in [0.717, 1.165) is 11.6 Å². The highest BCUT2D eigenvalue weighted by atomic mass is 32.2. The highest BCUT2D eigenvalue weighted by Gasteiger charge is 2.56. The predicted octanol–water partition coefficient (Wildman–Crippen LogP) is 2.75. The van der Waals surface area contributed by atoms with Crippen molar-refractivity contribution in [3.63, 3.8) is 0 Å². The van der Waals surface area contributed by atoms with Crippen LogP contribution in [-0.2, 0) is 15.6 Å². The van der Waals surface area contributed by atoms with E-state index < -0.39 is 46.6 Å². The Labute approximate surface area is 190 Å². The third-order valence-electron chi connectivity index (χ3n) is 5.56. The third kappa shape index (κ3) is 5.33. The topological polar surface area (TPSA) is 103 Å². The Bertz CT molecular complexity index is 1080. The number of piperazine rings is 1. The van der Waals surface area contributed by atoms with E-state index in [-0.39, 0.29) is 36.8 Å². The maximum Gasteiger partial charge on any atom is 0.424 e. The Morgan fingerprint density at radius 3 is 2.18 bits per heavy atom. The first kappa shape index (κ1) is 25.1. The fourth-order valence-electron chi connectivity index (χ4n) is 3.51. The van der Waals surface area contributed by atoms with Crippen molar-refractivity contribution >= 4 is 16.1 Å². The van der Waals surface area contributed by atoms with E-state index in [1.807, 2.05) is 6.92 Å². The fraction of sp³-hybridized carbons (Fsp3) is 0.476. The van der Waals surface area contributed by atoms with E-state index in [1.54, 1.807) is 12.1 Å². The molecule has 1 atom stereocenters. The molecule has 0 spiro atoms. The number of nitrogens with zero attached hydrogens (tertiary/aromatic N) is 2. The number of hydrogen-bond acceptors (Lipinski definition) is 5. The molecule has 3 rings (SSSR count). The quantitative estimate of drug-likeness (QED) is 0.650. The zero-order valence-corrected chi connectivity index (χ0v) is 19.0. The van der Waals surface area contributed by atoms with Crippen molar-refractivity contribution in [3.8, 4) is 0 Å². The molecule has 1 aromatic heterocycles. The number of benzene rings is 1. The standard InChI is InChI=1S/C21H26F3N3O5S/c1-15-3-6-17(7-4-15)33(30,31)27-13-11-26(12-14-27)19(28)25-10-9-20(29,21(22,23)24)18-8-5-16(2)32-18/h3-8,29H,9-14H2,1-2H3,(H,25,28)/t20-/m1/s1. The van der Waals surface area contributed by atoms with Gasteiger partial charge in [0.15, 0.2) is 0 Å². The van der Waals surface area contributed by atoms with Gasteiger partial charge in [-0.05, 0) is 38.1 Å². The van der Waals surface area contributed by atoms with Crippen LogP contribution < -0.4 is 5.32 Å². The predicted molar refractivity (Wildman–Crippen MR) is 113 cm³/mol. The van der Waals surface area contributed by atoms with Crippen LogP contribution in [-0.4, -0.2) is 67.7 Å². The maximum atomic E-state index is 13.5. The minimum Gasteiger partial charge on any atom is -0.463 e. The molecular formula is C21H26F3N3O5S. The van der Waals surface area contributed by atoms with Crippen LogP contribution >= 0.6 is 0 Å². The van der Waals surface area contributed by atoms with E-state index in [1.165, 1.54) is 34.3 Å². The molecule has 0 unspecified atom stereocenters. The van der Waals surface area contributed by atoms with E-state index in [0.29, 0.717) is 0 Å². The number of furan rings is 1. The van der Waals surface area contributed by atoms with Crippen LogP contribution in [0.4, 0.5) is 18.0 Å². The van der Waals surface area contributed by atoms with E-state index in [2.05, 4.69) is 5.32 Å². The van der Waals surface area contributed by atoms with Gasteiger partial charge in [0.1, 0.15) is 11.5 Å².